The van der Waals surface area contributed by atoms with Gasteiger partial charge in [-0.25, -0.2) is 0 Å². The Kier molecular flexibility index (Phi) is 10.4. The van der Waals surface area contributed by atoms with E-state index in [1.54, 1.807) is 30.3 Å². The highest BCUT2D eigenvalue weighted by molar-refractivity contribution is 9.10. The highest BCUT2D eigenvalue weighted by Gasteiger charge is 2.46. The quantitative estimate of drug-likeness (QED) is 0.103. The molecule has 1 unspecified atom stereocenters. The number of hydrogen-bond acceptors (Lipinski definition) is 6. The summed E-state index contributed by atoms with van der Waals surface area (Å²) in [7, 11) is 0. The molecule has 3 rings (SSSR count). The highest BCUT2D eigenvalue weighted by atomic mass is 79.9. The van der Waals surface area contributed by atoms with Gasteiger partial charge in [0.2, 0.25) is 0 Å². The molecule has 0 aromatic heterocycles. The van der Waals surface area contributed by atoms with Crippen molar-refractivity contribution in [2.45, 2.75) is 52.0 Å². The largest absolute Gasteiger partial charge is 0.507 e. The number of nitrogens with zero attached hydrogens (tertiary/aromatic N) is 3. The maximum atomic E-state index is 13.2. The average molecular weight is 572 g/mol. The molecule has 8 nitrogen and oxygen atoms in total. The van der Waals surface area contributed by atoms with Gasteiger partial charge in [0, 0.05) is 28.7 Å². The number of ketones is 1. The van der Waals surface area contributed by atoms with Gasteiger partial charge in [0.15, 0.2) is 0 Å². The van der Waals surface area contributed by atoms with Crippen molar-refractivity contribution >= 4 is 39.1 Å². The number of aliphatic hydroxyl groups is 1. The fourth-order valence-electron chi connectivity index (χ4n) is 4.59. The fourth-order valence-corrected chi connectivity index (χ4v) is 4.86. The molecule has 2 aromatic carbocycles. The van der Waals surface area contributed by atoms with Gasteiger partial charge in [-0.1, -0.05) is 66.9 Å². The van der Waals surface area contributed by atoms with Crippen LogP contribution in [0.5, 0.6) is 0 Å². The molecule has 0 aliphatic carbocycles. The molecule has 1 N–H and O–H groups in total. The maximum Gasteiger partial charge on any atom is 0.295 e. The number of Topliss-reactive ketones (excluding diaryl/α,β-unsaturated/α-hetero) is 1. The summed E-state index contributed by atoms with van der Waals surface area (Å²) < 4.78 is 0.801. The molecule has 0 spiro atoms. The van der Waals surface area contributed by atoms with Gasteiger partial charge < -0.3 is 14.9 Å². The van der Waals surface area contributed by atoms with Crippen LogP contribution in [0.25, 0.3) is 5.76 Å². The van der Waals surface area contributed by atoms with E-state index in [1.807, 2.05) is 0 Å². The molecule has 1 saturated heterocycles. The minimum atomic E-state index is -0.914. The molecule has 0 bridgehead atoms. The third kappa shape index (κ3) is 7.05. The summed E-state index contributed by atoms with van der Waals surface area (Å²) in [5, 5.41) is 22.6. The monoisotopic (exact) mass is 571 g/mol. The minimum Gasteiger partial charge on any atom is -0.507 e. The summed E-state index contributed by atoms with van der Waals surface area (Å²) in [4.78, 5) is 41.2. The molecule has 2 aromatic rings. The third-order valence-corrected chi connectivity index (χ3v) is 7.11. The van der Waals surface area contributed by atoms with E-state index in [9.17, 15) is 24.8 Å². The van der Waals surface area contributed by atoms with Gasteiger partial charge in [0.05, 0.1) is 16.5 Å². The molecular formula is C28H34BrN3O5. The minimum absolute atomic E-state index is 0.0540. The van der Waals surface area contributed by atoms with Gasteiger partial charge in [0.1, 0.15) is 5.76 Å². The standard InChI is InChI=1S/C28H34BrN3O5/c1-3-5-15-30(16-6-4-2)17-8-18-31-25(21-9-7-10-23(19-21)32(36)37)24(27(34)28(31)35)26(33)20-11-13-22(29)14-12-20/h7,9-14,19,25,33H,3-6,8,15-18H2,1-2H3/b26-24-. The van der Waals surface area contributed by atoms with Crippen molar-refractivity contribution in [3.05, 3.63) is 79.8 Å². The first-order valence-electron chi connectivity index (χ1n) is 12.8. The number of hydrogen-bond donors (Lipinski definition) is 1. The Hall–Kier alpha value is -3.04. The fraction of sp³-hybridized carbons (Fsp3) is 0.429. The maximum absolute atomic E-state index is 13.2. The molecule has 198 valence electrons. The molecule has 1 amide bonds. The van der Waals surface area contributed by atoms with Crippen LogP contribution in [0.4, 0.5) is 5.69 Å². The normalized spacial score (nSPS) is 17.1. The average Bonchev–Trinajstić information content (AvgIpc) is 3.15. The lowest BCUT2D eigenvalue weighted by atomic mass is 9.95. The first-order chi connectivity index (χ1) is 17.8. The molecule has 1 aliphatic rings. The number of non-ortho nitro benzene ring substituents is 1. The number of benzene rings is 2. The van der Waals surface area contributed by atoms with Crippen molar-refractivity contribution in [3.8, 4) is 0 Å². The van der Waals surface area contributed by atoms with E-state index in [2.05, 4.69) is 34.7 Å². The van der Waals surface area contributed by atoms with Crippen LogP contribution < -0.4 is 0 Å². The lowest BCUT2D eigenvalue weighted by molar-refractivity contribution is -0.384. The number of rotatable bonds is 13. The Morgan fingerprint density at radius 2 is 1.65 bits per heavy atom. The summed E-state index contributed by atoms with van der Waals surface area (Å²) in [6.07, 6.45) is 5.02. The Labute approximate surface area is 226 Å². The summed E-state index contributed by atoms with van der Waals surface area (Å²) in [5.74, 6) is -1.79. The van der Waals surface area contributed by atoms with E-state index < -0.39 is 22.7 Å². The first kappa shape index (κ1) is 28.5. The number of aliphatic hydroxyl groups excluding tert-OH is 1. The Balaban J connectivity index is 1.96. The van der Waals surface area contributed by atoms with Crippen molar-refractivity contribution in [1.29, 1.82) is 0 Å². The van der Waals surface area contributed by atoms with Crippen LogP contribution in [0.2, 0.25) is 0 Å². The molecule has 1 fully saturated rings. The predicted octanol–water partition coefficient (Wildman–Crippen LogP) is 6.07. The molecule has 1 atom stereocenters. The van der Waals surface area contributed by atoms with E-state index in [-0.39, 0.29) is 17.0 Å². The van der Waals surface area contributed by atoms with E-state index in [0.29, 0.717) is 24.1 Å². The number of carbonyl (C=O) groups excluding carboxylic acids is 2. The van der Waals surface area contributed by atoms with Crippen LogP contribution in [-0.2, 0) is 9.59 Å². The van der Waals surface area contributed by atoms with Crippen molar-refractivity contribution in [2.75, 3.05) is 26.2 Å². The second-order valence-electron chi connectivity index (χ2n) is 9.25. The van der Waals surface area contributed by atoms with Crippen molar-refractivity contribution in [2.24, 2.45) is 0 Å². The molecule has 37 heavy (non-hydrogen) atoms. The number of likely N-dealkylation sites (tertiary alicyclic amines) is 1. The third-order valence-electron chi connectivity index (χ3n) is 6.58. The lowest BCUT2D eigenvalue weighted by Crippen LogP contribution is -2.34. The van der Waals surface area contributed by atoms with Gasteiger partial charge in [-0.15, -0.1) is 0 Å². The van der Waals surface area contributed by atoms with Crippen molar-refractivity contribution in [1.82, 2.24) is 9.80 Å². The van der Waals surface area contributed by atoms with Gasteiger partial charge >= 0.3 is 0 Å². The Morgan fingerprint density at radius 3 is 2.24 bits per heavy atom. The highest BCUT2D eigenvalue weighted by Crippen LogP contribution is 2.40. The molecule has 9 heteroatoms. The van der Waals surface area contributed by atoms with Crippen LogP contribution in [0.3, 0.4) is 0 Å². The van der Waals surface area contributed by atoms with Gasteiger partial charge in [-0.05, 0) is 56.6 Å². The molecule has 1 aliphatic heterocycles. The second-order valence-corrected chi connectivity index (χ2v) is 10.2. The molecule has 1 heterocycles. The van der Waals surface area contributed by atoms with Crippen LogP contribution in [-0.4, -0.2) is 57.7 Å². The summed E-state index contributed by atoms with van der Waals surface area (Å²) >= 11 is 3.36. The van der Waals surface area contributed by atoms with Gasteiger partial charge in [-0.2, -0.15) is 0 Å². The zero-order valence-corrected chi connectivity index (χ0v) is 22.9. The van der Waals surface area contributed by atoms with Crippen molar-refractivity contribution in [3.63, 3.8) is 0 Å². The SMILES string of the molecule is CCCCN(CCCC)CCCN1C(=O)C(=O)/C(=C(\O)c2ccc(Br)cc2)C1c1cccc([N+](=O)[O-])c1. The van der Waals surface area contributed by atoms with E-state index >= 15 is 0 Å². The molecule has 0 radical (unpaired) electrons. The van der Waals surface area contributed by atoms with Gasteiger partial charge in [0.25, 0.3) is 17.4 Å². The topological polar surface area (TPSA) is 104 Å². The predicted molar refractivity (Wildman–Crippen MR) is 147 cm³/mol. The van der Waals surface area contributed by atoms with Crippen LogP contribution in [0.1, 0.15) is 63.1 Å². The van der Waals surface area contributed by atoms with Crippen LogP contribution in [0, 0.1) is 10.1 Å². The molecular weight excluding hydrogens is 538 g/mol. The number of carbonyl (C=O) groups is 2. The first-order valence-corrected chi connectivity index (χ1v) is 13.6. The zero-order valence-electron chi connectivity index (χ0n) is 21.4. The smallest absolute Gasteiger partial charge is 0.295 e. The molecule has 0 saturated carbocycles. The lowest BCUT2D eigenvalue weighted by Gasteiger charge is -2.27. The van der Waals surface area contributed by atoms with Crippen molar-refractivity contribution < 1.29 is 19.6 Å². The number of unbranched alkanes of at least 4 members (excludes halogenated alkanes) is 2. The van der Waals surface area contributed by atoms with Gasteiger partial charge in [-0.3, -0.25) is 19.7 Å². The number of amides is 1. The zero-order chi connectivity index (χ0) is 26.9. The number of nitro groups is 1. The summed E-state index contributed by atoms with van der Waals surface area (Å²) in [6.45, 7) is 7.34. The Bertz CT molecular complexity index is 1140. The Morgan fingerprint density at radius 1 is 1.03 bits per heavy atom. The van der Waals surface area contributed by atoms with E-state index in [0.717, 1.165) is 49.8 Å². The summed E-state index contributed by atoms with van der Waals surface area (Å²) in [6, 6.07) is 11.8. The summed E-state index contributed by atoms with van der Waals surface area (Å²) in [5.41, 5.74) is 0.612. The van der Waals surface area contributed by atoms with E-state index in [1.165, 1.54) is 23.1 Å². The van der Waals surface area contributed by atoms with Crippen LogP contribution >= 0.6 is 15.9 Å². The second kappa shape index (κ2) is 13.5. The number of halogens is 1. The van der Waals surface area contributed by atoms with E-state index in [4.69, 9.17) is 0 Å². The van der Waals surface area contributed by atoms with Crippen LogP contribution in [0.15, 0.2) is 58.6 Å². The number of nitro benzene ring substituents is 1.